The molecule has 2 aliphatic rings. The second-order valence-electron chi connectivity index (χ2n) is 5.39. The lowest BCUT2D eigenvalue weighted by molar-refractivity contribution is 0.148. The predicted molar refractivity (Wildman–Crippen MR) is 69.2 cm³/mol. The van der Waals surface area contributed by atoms with E-state index in [1.54, 1.807) is 0 Å². The maximum atomic E-state index is 9.69. The lowest BCUT2D eigenvalue weighted by Gasteiger charge is -2.38. The molecule has 1 saturated heterocycles. The van der Waals surface area contributed by atoms with Crippen molar-refractivity contribution in [2.75, 3.05) is 13.1 Å². The zero-order valence-electron chi connectivity index (χ0n) is 10.4. The largest absolute Gasteiger partial charge is 0.508 e. The summed E-state index contributed by atoms with van der Waals surface area (Å²) in [5.74, 6) is 0.424. The molecule has 0 amide bonds. The van der Waals surface area contributed by atoms with Crippen LogP contribution < -0.4 is 0 Å². The minimum atomic E-state index is 0.424. The van der Waals surface area contributed by atoms with Crippen molar-refractivity contribution in [2.45, 2.75) is 44.6 Å². The first kappa shape index (κ1) is 11.1. The van der Waals surface area contributed by atoms with Crippen molar-refractivity contribution < 1.29 is 5.11 Å². The summed E-state index contributed by atoms with van der Waals surface area (Å²) in [6, 6.07) is 6.50. The first-order valence-corrected chi connectivity index (χ1v) is 6.90. The fourth-order valence-electron chi connectivity index (χ4n) is 3.37. The minimum Gasteiger partial charge on any atom is -0.508 e. The summed E-state index contributed by atoms with van der Waals surface area (Å²) in [4.78, 5) is 2.63. The highest BCUT2D eigenvalue weighted by Gasteiger charge is 2.26. The summed E-state index contributed by atoms with van der Waals surface area (Å²) in [7, 11) is 0. The highest BCUT2D eigenvalue weighted by molar-refractivity contribution is 5.38. The van der Waals surface area contributed by atoms with E-state index >= 15 is 0 Å². The topological polar surface area (TPSA) is 23.5 Å². The number of hydrogen-bond donors (Lipinski definition) is 1. The second-order valence-corrected chi connectivity index (χ2v) is 5.39. The summed E-state index contributed by atoms with van der Waals surface area (Å²) in [5.41, 5.74) is 2.84. The van der Waals surface area contributed by atoms with Crippen LogP contribution in [0.25, 0.3) is 0 Å². The number of piperidine rings is 1. The van der Waals surface area contributed by atoms with Gasteiger partial charge in [0.2, 0.25) is 0 Å². The second kappa shape index (κ2) is 4.69. The zero-order chi connectivity index (χ0) is 11.7. The molecule has 2 heteroatoms. The Kier molecular flexibility index (Phi) is 3.06. The first-order valence-electron chi connectivity index (χ1n) is 6.90. The van der Waals surface area contributed by atoms with E-state index in [4.69, 9.17) is 0 Å². The first-order chi connectivity index (χ1) is 8.34. The molecule has 1 fully saturated rings. The maximum Gasteiger partial charge on any atom is 0.115 e. The van der Waals surface area contributed by atoms with Gasteiger partial charge in [-0.3, -0.25) is 4.90 Å². The van der Waals surface area contributed by atoms with Gasteiger partial charge in [0, 0.05) is 6.04 Å². The molecule has 1 atom stereocenters. The van der Waals surface area contributed by atoms with Crippen LogP contribution in [0.5, 0.6) is 5.75 Å². The van der Waals surface area contributed by atoms with Gasteiger partial charge in [0.25, 0.3) is 0 Å². The molecule has 0 saturated carbocycles. The van der Waals surface area contributed by atoms with E-state index in [1.165, 1.54) is 62.7 Å². The van der Waals surface area contributed by atoms with Gasteiger partial charge in [0.05, 0.1) is 0 Å². The molecule has 2 nitrogen and oxygen atoms in total. The quantitative estimate of drug-likeness (QED) is 0.802. The zero-order valence-corrected chi connectivity index (χ0v) is 10.4. The van der Waals surface area contributed by atoms with Crippen LogP contribution in [-0.4, -0.2) is 23.1 Å². The van der Waals surface area contributed by atoms with Crippen molar-refractivity contribution in [1.29, 1.82) is 0 Å². The summed E-state index contributed by atoms with van der Waals surface area (Å²) in [5, 5.41) is 9.69. The predicted octanol–water partition coefficient (Wildman–Crippen LogP) is 3.26. The van der Waals surface area contributed by atoms with Gasteiger partial charge in [0.15, 0.2) is 0 Å². The number of benzene rings is 1. The van der Waals surface area contributed by atoms with E-state index in [2.05, 4.69) is 11.0 Å². The fraction of sp³-hybridized carbons (Fsp3) is 0.600. The third kappa shape index (κ3) is 2.19. The summed E-state index contributed by atoms with van der Waals surface area (Å²) < 4.78 is 0. The Balaban J connectivity index is 1.89. The Bertz CT molecular complexity index is 396. The normalized spacial score (nSPS) is 25.5. The monoisotopic (exact) mass is 231 g/mol. The molecule has 1 heterocycles. The number of rotatable bonds is 1. The van der Waals surface area contributed by atoms with E-state index in [0.29, 0.717) is 11.8 Å². The number of hydrogen-bond acceptors (Lipinski definition) is 2. The third-order valence-corrected chi connectivity index (χ3v) is 4.24. The van der Waals surface area contributed by atoms with Crippen LogP contribution in [-0.2, 0) is 6.42 Å². The fourth-order valence-corrected chi connectivity index (χ4v) is 3.37. The number of likely N-dealkylation sites (tertiary alicyclic amines) is 1. The van der Waals surface area contributed by atoms with Crippen molar-refractivity contribution in [3.05, 3.63) is 29.3 Å². The lowest BCUT2D eigenvalue weighted by atomic mass is 9.86. The van der Waals surface area contributed by atoms with E-state index in [9.17, 15) is 5.11 Å². The van der Waals surface area contributed by atoms with Crippen molar-refractivity contribution in [2.24, 2.45) is 0 Å². The molecule has 0 radical (unpaired) electrons. The van der Waals surface area contributed by atoms with Crippen molar-refractivity contribution in [3.63, 3.8) is 0 Å². The van der Waals surface area contributed by atoms with Crippen LogP contribution in [0.2, 0.25) is 0 Å². The standard InChI is InChI=1S/C15H21NO/c17-13-8-7-12-5-4-6-15(14(12)11-13)16-9-2-1-3-10-16/h7-8,11,15,17H,1-6,9-10H2. The lowest BCUT2D eigenvalue weighted by Crippen LogP contribution is -2.35. The smallest absolute Gasteiger partial charge is 0.115 e. The molecule has 1 aromatic carbocycles. The van der Waals surface area contributed by atoms with Gasteiger partial charge >= 0.3 is 0 Å². The molecule has 1 aromatic rings. The molecule has 1 aliphatic heterocycles. The number of aryl methyl sites for hydroxylation is 1. The molecule has 1 aliphatic carbocycles. The Morgan fingerprint density at radius 1 is 1.06 bits per heavy atom. The molecule has 1 N–H and O–H groups in total. The average Bonchev–Trinajstić information content (AvgIpc) is 2.39. The molecule has 17 heavy (non-hydrogen) atoms. The number of fused-ring (bicyclic) bond motifs is 1. The number of phenols is 1. The SMILES string of the molecule is Oc1ccc2c(c1)C(N1CCCCC1)CCC2. The summed E-state index contributed by atoms with van der Waals surface area (Å²) >= 11 is 0. The Morgan fingerprint density at radius 3 is 2.71 bits per heavy atom. The molecular formula is C15H21NO. The molecule has 0 spiro atoms. The van der Waals surface area contributed by atoms with Gasteiger partial charge in [-0.1, -0.05) is 12.5 Å². The summed E-state index contributed by atoms with van der Waals surface area (Å²) in [6.45, 7) is 2.47. The molecular weight excluding hydrogens is 210 g/mol. The van der Waals surface area contributed by atoms with Crippen LogP contribution in [0.15, 0.2) is 18.2 Å². The van der Waals surface area contributed by atoms with Crippen LogP contribution in [0.4, 0.5) is 0 Å². The van der Waals surface area contributed by atoms with Crippen LogP contribution >= 0.6 is 0 Å². The Labute approximate surface area is 103 Å². The van der Waals surface area contributed by atoms with Gasteiger partial charge < -0.3 is 5.11 Å². The summed E-state index contributed by atoms with van der Waals surface area (Å²) in [6.07, 6.45) is 7.79. The van der Waals surface area contributed by atoms with Crippen molar-refractivity contribution in [3.8, 4) is 5.75 Å². The molecule has 0 bridgehead atoms. The number of aromatic hydroxyl groups is 1. The van der Waals surface area contributed by atoms with Crippen LogP contribution in [0.1, 0.15) is 49.3 Å². The van der Waals surface area contributed by atoms with Gasteiger partial charge in [-0.15, -0.1) is 0 Å². The van der Waals surface area contributed by atoms with Crippen molar-refractivity contribution in [1.82, 2.24) is 4.90 Å². The van der Waals surface area contributed by atoms with E-state index in [1.807, 2.05) is 12.1 Å². The van der Waals surface area contributed by atoms with E-state index in [-0.39, 0.29) is 0 Å². The van der Waals surface area contributed by atoms with Gasteiger partial charge in [-0.25, -0.2) is 0 Å². The van der Waals surface area contributed by atoms with Gasteiger partial charge in [-0.2, -0.15) is 0 Å². The highest BCUT2D eigenvalue weighted by atomic mass is 16.3. The van der Waals surface area contributed by atoms with Gasteiger partial charge in [0.1, 0.15) is 5.75 Å². The maximum absolute atomic E-state index is 9.69. The number of nitrogens with zero attached hydrogens (tertiary/aromatic N) is 1. The van der Waals surface area contributed by atoms with Crippen molar-refractivity contribution >= 4 is 0 Å². The molecule has 0 aromatic heterocycles. The molecule has 92 valence electrons. The van der Waals surface area contributed by atoms with E-state index < -0.39 is 0 Å². The molecule has 3 rings (SSSR count). The average molecular weight is 231 g/mol. The Morgan fingerprint density at radius 2 is 1.88 bits per heavy atom. The highest BCUT2D eigenvalue weighted by Crippen LogP contribution is 2.37. The Hall–Kier alpha value is -1.02. The van der Waals surface area contributed by atoms with Crippen LogP contribution in [0, 0.1) is 0 Å². The minimum absolute atomic E-state index is 0.424. The van der Waals surface area contributed by atoms with E-state index in [0.717, 1.165) is 0 Å². The van der Waals surface area contributed by atoms with Gasteiger partial charge in [-0.05, 0) is 68.5 Å². The number of phenolic OH excluding ortho intramolecular Hbond substituents is 1. The molecule has 1 unspecified atom stereocenters. The third-order valence-electron chi connectivity index (χ3n) is 4.24. The van der Waals surface area contributed by atoms with Crippen LogP contribution in [0.3, 0.4) is 0 Å².